The lowest BCUT2D eigenvalue weighted by Gasteiger charge is -2.22. The average molecular weight is 266 g/mol. The topological polar surface area (TPSA) is 33.2 Å². The number of alkyl halides is 2. The molecule has 2 unspecified atom stereocenters. The maximum Gasteiger partial charge on any atom is 0.258 e. The van der Waals surface area contributed by atoms with E-state index in [-0.39, 0.29) is 0 Å². The first-order chi connectivity index (χ1) is 9.07. The first-order valence-electron chi connectivity index (χ1n) is 6.63. The molecule has 0 N–H and O–H groups in total. The quantitative estimate of drug-likeness (QED) is 0.782. The van der Waals surface area contributed by atoms with E-state index in [2.05, 4.69) is 4.98 Å². The van der Waals surface area contributed by atoms with Crippen LogP contribution in [0.15, 0.2) is 12.1 Å². The first-order valence-corrected chi connectivity index (χ1v) is 6.63. The molecule has 2 atom stereocenters. The van der Waals surface area contributed by atoms with E-state index in [0.29, 0.717) is 19.5 Å². The highest BCUT2D eigenvalue weighted by molar-refractivity contribution is 5.57. The van der Waals surface area contributed by atoms with Gasteiger partial charge >= 0.3 is 0 Å². The summed E-state index contributed by atoms with van der Waals surface area (Å²) in [5, 5.41) is 0. The van der Waals surface area contributed by atoms with E-state index >= 15 is 0 Å². The van der Waals surface area contributed by atoms with Crippen molar-refractivity contribution in [3.05, 3.63) is 23.4 Å². The molecule has 0 radical (unpaired) electrons. The van der Waals surface area contributed by atoms with Crippen molar-refractivity contribution in [3.8, 4) is 0 Å². The molecule has 0 bridgehead atoms. The van der Waals surface area contributed by atoms with Crippen molar-refractivity contribution in [2.24, 2.45) is 11.8 Å². The minimum absolute atomic E-state index is 0.361. The van der Waals surface area contributed by atoms with Crippen LogP contribution in [-0.4, -0.2) is 30.3 Å². The molecule has 1 aliphatic heterocycles. The van der Waals surface area contributed by atoms with Gasteiger partial charge in [0.15, 0.2) is 0 Å². The molecule has 2 fully saturated rings. The van der Waals surface area contributed by atoms with Crippen molar-refractivity contribution in [2.45, 2.75) is 25.7 Å². The normalized spacial score (nSPS) is 27.2. The third-order valence-electron chi connectivity index (χ3n) is 4.22. The molecular weight excluding hydrogens is 250 g/mol. The number of aldehydes is 1. The number of halogens is 2. The summed E-state index contributed by atoms with van der Waals surface area (Å²) in [5.74, 6) is -2.68. The van der Waals surface area contributed by atoms with Crippen LogP contribution in [0.4, 0.5) is 14.6 Å². The Morgan fingerprint density at radius 1 is 1.42 bits per heavy atom. The monoisotopic (exact) mass is 266 g/mol. The standard InChI is InChI=1S/C14H16F2N2O/c1-2-12-9(5-6-19)3-4-13(17-12)18-7-10-11(8-18)14(10,15)16/h3-4,6,10-11H,2,5,7-8H2,1H3. The molecule has 1 aromatic heterocycles. The van der Waals surface area contributed by atoms with Crippen LogP contribution in [0.1, 0.15) is 18.2 Å². The Kier molecular flexibility index (Phi) is 2.80. The van der Waals surface area contributed by atoms with Crippen molar-refractivity contribution in [3.63, 3.8) is 0 Å². The van der Waals surface area contributed by atoms with Crippen LogP contribution in [0.25, 0.3) is 0 Å². The average Bonchev–Trinajstić information content (AvgIpc) is 2.81. The Balaban J connectivity index is 1.78. The van der Waals surface area contributed by atoms with Gasteiger partial charge in [-0.15, -0.1) is 0 Å². The van der Waals surface area contributed by atoms with Crippen LogP contribution in [0, 0.1) is 11.8 Å². The number of pyridine rings is 1. The van der Waals surface area contributed by atoms with E-state index in [4.69, 9.17) is 0 Å². The summed E-state index contributed by atoms with van der Waals surface area (Å²) < 4.78 is 26.3. The fraction of sp³-hybridized carbons (Fsp3) is 0.571. The van der Waals surface area contributed by atoms with E-state index < -0.39 is 17.8 Å². The molecule has 0 amide bonds. The highest BCUT2D eigenvalue weighted by Crippen LogP contribution is 2.59. The van der Waals surface area contributed by atoms with Gasteiger partial charge in [-0.1, -0.05) is 13.0 Å². The molecule has 2 heterocycles. The first kappa shape index (κ1) is 12.5. The molecule has 1 aromatic rings. The number of hydrogen-bond donors (Lipinski definition) is 0. The molecule has 0 aromatic carbocycles. The SMILES string of the molecule is CCc1nc(N2CC3C(C2)C3(F)F)ccc1CC=O. The summed E-state index contributed by atoms with van der Waals surface area (Å²) in [6, 6.07) is 3.72. The zero-order valence-corrected chi connectivity index (χ0v) is 10.8. The number of carbonyl (C=O) groups excluding carboxylic acids is 1. The smallest absolute Gasteiger partial charge is 0.258 e. The zero-order valence-electron chi connectivity index (χ0n) is 10.8. The Hall–Kier alpha value is -1.52. The largest absolute Gasteiger partial charge is 0.356 e. The zero-order chi connectivity index (χ0) is 13.6. The number of fused-ring (bicyclic) bond motifs is 1. The Morgan fingerprint density at radius 2 is 2.11 bits per heavy atom. The minimum atomic E-state index is -2.46. The van der Waals surface area contributed by atoms with Gasteiger partial charge in [0.1, 0.15) is 12.1 Å². The highest BCUT2D eigenvalue weighted by Gasteiger charge is 2.71. The molecule has 19 heavy (non-hydrogen) atoms. The van der Waals surface area contributed by atoms with E-state index in [9.17, 15) is 13.6 Å². The van der Waals surface area contributed by atoms with Gasteiger partial charge in [-0.25, -0.2) is 13.8 Å². The van der Waals surface area contributed by atoms with E-state index in [1.54, 1.807) is 0 Å². The molecule has 3 rings (SSSR count). The van der Waals surface area contributed by atoms with Crippen LogP contribution in [0.3, 0.4) is 0 Å². The summed E-state index contributed by atoms with van der Waals surface area (Å²) in [7, 11) is 0. The van der Waals surface area contributed by atoms with Gasteiger partial charge in [-0.2, -0.15) is 0 Å². The molecule has 1 aliphatic carbocycles. The third kappa shape index (κ3) is 1.91. The summed E-state index contributed by atoms with van der Waals surface area (Å²) in [4.78, 5) is 17.0. The fourth-order valence-corrected chi connectivity index (χ4v) is 2.97. The lowest BCUT2D eigenvalue weighted by molar-refractivity contribution is -0.107. The van der Waals surface area contributed by atoms with Crippen LogP contribution in [-0.2, 0) is 17.6 Å². The number of hydrogen-bond acceptors (Lipinski definition) is 3. The van der Waals surface area contributed by atoms with E-state index in [1.807, 2.05) is 24.0 Å². The van der Waals surface area contributed by atoms with Gasteiger partial charge < -0.3 is 9.69 Å². The van der Waals surface area contributed by atoms with E-state index in [1.165, 1.54) is 0 Å². The second-order valence-electron chi connectivity index (χ2n) is 5.29. The molecule has 0 spiro atoms. The van der Waals surface area contributed by atoms with Crippen LogP contribution in [0.5, 0.6) is 0 Å². The van der Waals surface area contributed by atoms with Gasteiger partial charge in [0.2, 0.25) is 0 Å². The van der Waals surface area contributed by atoms with Crippen molar-refractivity contribution >= 4 is 12.1 Å². The molecule has 2 aliphatic rings. The summed E-state index contributed by atoms with van der Waals surface area (Å²) in [6.45, 7) is 2.76. The summed E-state index contributed by atoms with van der Waals surface area (Å²) in [5.41, 5.74) is 1.81. The minimum Gasteiger partial charge on any atom is -0.356 e. The molecule has 1 saturated heterocycles. The van der Waals surface area contributed by atoms with Gasteiger partial charge in [-0.05, 0) is 18.1 Å². The second kappa shape index (κ2) is 4.25. The summed E-state index contributed by atoms with van der Waals surface area (Å²) in [6.07, 6.45) is 1.97. The number of carbonyl (C=O) groups is 1. The van der Waals surface area contributed by atoms with Gasteiger partial charge in [0.05, 0.1) is 11.8 Å². The van der Waals surface area contributed by atoms with E-state index in [0.717, 1.165) is 29.8 Å². The number of aryl methyl sites for hydroxylation is 1. The van der Waals surface area contributed by atoms with Gasteiger partial charge in [-0.3, -0.25) is 0 Å². The lowest BCUT2D eigenvalue weighted by Crippen LogP contribution is -2.28. The van der Waals surface area contributed by atoms with Crippen LogP contribution in [0.2, 0.25) is 0 Å². The number of rotatable bonds is 4. The van der Waals surface area contributed by atoms with Gasteiger partial charge in [0, 0.05) is 25.2 Å². The van der Waals surface area contributed by atoms with Gasteiger partial charge in [0.25, 0.3) is 5.92 Å². The Labute approximate surface area is 110 Å². The Morgan fingerprint density at radius 3 is 2.68 bits per heavy atom. The Bertz CT molecular complexity index is 504. The predicted octanol–water partition coefficient (Wildman–Crippen LogP) is 2.09. The molecule has 102 valence electrons. The predicted molar refractivity (Wildman–Crippen MR) is 67.5 cm³/mol. The highest BCUT2D eigenvalue weighted by atomic mass is 19.3. The van der Waals surface area contributed by atoms with Crippen molar-refractivity contribution in [1.82, 2.24) is 4.98 Å². The number of anilines is 1. The van der Waals surface area contributed by atoms with Crippen LogP contribution < -0.4 is 4.90 Å². The van der Waals surface area contributed by atoms with Crippen molar-refractivity contribution in [2.75, 3.05) is 18.0 Å². The number of nitrogens with zero attached hydrogens (tertiary/aromatic N) is 2. The van der Waals surface area contributed by atoms with Crippen molar-refractivity contribution in [1.29, 1.82) is 0 Å². The molecule has 1 saturated carbocycles. The van der Waals surface area contributed by atoms with Crippen molar-refractivity contribution < 1.29 is 13.6 Å². The fourth-order valence-electron chi connectivity index (χ4n) is 2.97. The molecule has 5 heteroatoms. The second-order valence-corrected chi connectivity index (χ2v) is 5.29. The third-order valence-corrected chi connectivity index (χ3v) is 4.22. The maximum atomic E-state index is 13.2. The summed E-state index contributed by atoms with van der Waals surface area (Å²) >= 11 is 0. The number of piperidine rings is 1. The maximum absolute atomic E-state index is 13.2. The lowest BCUT2D eigenvalue weighted by atomic mass is 10.1. The molecule has 3 nitrogen and oxygen atoms in total. The number of aromatic nitrogens is 1. The molecular formula is C14H16F2N2O. The van der Waals surface area contributed by atoms with Crippen LogP contribution >= 0.6 is 0 Å².